The second-order valence-corrected chi connectivity index (χ2v) is 5.47. The number of hydrogen-bond acceptors (Lipinski definition) is 5. The predicted octanol–water partition coefficient (Wildman–Crippen LogP) is 5.16. The van der Waals surface area contributed by atoms with Crippen molar-refractivity contribution in [3.05, 3.63) is 59.8 Å². The average molecular weight is 307 g/mol. The molecule has 0 aliphatic carbocycles. The second kappa shape index (κ2) is 6.44. The lowest BCUT2D eigenvalue weighted by molar-refractivity contribution is 0.242. The molecule has 0 saturated carbocycles. The van der Waals surface area contributed by atoms with Gasteiger partial charge in [-0.2, -0.15) is 0 Å². The van der Waals surface area contributed by atoms with E-state index in [0.717, 1.165) is 22.2 Å². The van der Waals surface area contributed by atoms with Crippen molar-refractivity contribution >= 4 is 27.8 Å². The van der Waals surface area contributed by atoms with Crippen LogP contribution >= 0.6 is 0 Å². The van der Waals surface area contributed by atoms with E-state index in [4.69, 9.17) is 4.74 Å². The van der Waals surface area contributed by atoms with Gasteiger partial charge in [0, 0.05) is 28.9 Å². The van der Waals surface area contributed by atoms with Gasteiger partial charge in [0.1, 0.15) is 11.4 Å². The van der Waals surface area contributed by atoms with E-state index in [0.29, 0.717) is 11.4 Å². The van der Waals surface area contributed by atoms with Crippen molar-refractivity contribution in [2.75, 3.05) is 5.32 Å². The monoisotopic (exact) mass is 307 g/mol. The van der Waals surface area contributed by atoms with Crippen molar-refractivity contribution in [1.82, 2.24) is 4.98 Å². The van der Waals surface area contributed by atoms with Crippen LogP contribution in [-0.4, -0.2) is 11.1 Å². The summed E-state index contributed by atoms with van der Waals surface area (Å²) >= 11 is 0. The van der Waals surface area contributed by atoms with Crippen LogP contribution in [0.2, 0.25) is 0 Å². The van der Waals surface area contributed by atoms with Crippen LogP contribution in [-0.2, 0) is 0 Å². The fourth-order valence-corrected chi connectivity index (χ4v) is 2.40. The van der Waals surface area contributed by atoms with E-state index in [9.17, 15) is 4.91 Å². The van der Waals surface area contributed by atoms with Gasteiger partial charge in [0.15, 0.2) is 0 Å². The summed E-state index contributed by atoms with van der Waals surface area (Å²) in [6.45, 7) is 3.97. The van der Waals surface area contributed by atoms with Gasteiger partial charge in [-0.25, -0.2) is 0 Å². The number of ether oxygens (including phenoxy) is 1. The Kier molecular flexibility index (Phi) is 4.19. The summed E-state index contributed by atoms with van der Waals surface area (Å²) in [5.74, 6) is 0.809. The molecule has 5 heteroatoms. The zero-order valence-electron chi connectivity index (χ0n) is 13.0. The Morgan fingerprint density at radius 2 is 1.87 bits per heavy atom. The van der Waals surface area contributed by atoms with Crippen LogP contribution in [0.3, 0.4) is 0 Å². The van der Waals surface area contributed by atoms with E-state index in [1.54, 1.807) is 18.5 Å². The molecular formula is C18H17N3O2. The SMILES string of the molecule is CC(C)Oc1ccc(Nc2ccc3cnccc3c2N=O)cc1. The number of pyridine rings is 1. The molecule has 0 bridgehead atoms. The summed E-state index contributed by atoms with van der Waals surface area (Å²) in [5.41, 5.74) is 1.91. The summed E-state index contributed by atoms with van der Waals surface area (Å²) in [4.78, 5) is 15.3. The number of aromatic nitrogens is 1. The maximum Gasteiger partial charge on any atom is 0.139 e. The van der Waals surface area contributed by atoms with E-state index < -0.39 is 0 Å². The van der Waals surface area contributed by atoms with Gasteiger partial charge in [-0.15, -0.1) is 4.91 Å². The molecule has 0 aliphatic rings. The molecule has 1 N–H and O–H groups in total. The Morgan fingerprint density at radius 3 is 2.57 bits per heavy atom. The molecule has 0 unspecified atom stereocenters. The van der Waals surface area contributed by atoms with Crippen molar-refractivity contribution in [2.24, 2.45) is 5.18 Å². The zero-order valence-corrected chi connectivity index (χ0v) is 13.0. The van der Waals surface area contributed by atoms with Crippen molar-refractivity contribution in [3.63, 3.8) is 0 Å². The Hall–Kier alpha value is -2.95. The normalized spacial score (nSPS) is 10.7. The molecule has 5 nitrogen and oxygen atoms in total. The van der Waals surface area contributed by atoms with Gasteiger partial charge in [-0.3, -0.25) is 4.98 Å². The molecule has 0 atom stereocenters. The fourth-order valence-electron chi connectivity index (χ4n) is 2.40. The molecule has 1 heterocycles. The van der Waals surface area contributed by atoms with Crippen LogP contribution in [0.15, 0.2) is 60.0 Å². The molecule has 2 aromatic carbocycles. The molecule has 0 aliphatic heterocycles. The van der Waals surface area contributed by atoms with Crippen LogP contribution in [0.1, 0.15) is 13.8 Å². The highest BCUT2D eigenvalue weighted by atomic mass is 16.5. The third kappa shape index (κ3) is 3.29. The van der Waals surface area contributed by atoms with Crippen LogP contribution < -0.4 is 10.1 Å². The first kappa shape index (κ1) is 15.0. The first-order valence-corrected chi connectivity index (χ1v) is 7.41. The number of benzene rings is 2. The van der Waals surface area contributed by atoms with Crippen molar-refractivity contribution in [1.29, 1.82) is 0 Å². The van der Waals surface area contributed by atoms with Crippen LogP contribution in [0.25, 0.3) is 10.8 Å². The summed E-state index contributed by atoms with van der Waals surface area (Å²) in [7, 11) is 0. The number of nitrogens with one attached hydrogen (secondary N) is 1. The number of anilines is 2. The molecule has 0 spiro atoms. The zero-order chi connectivity index (χ0) is 16.2. The Morgan fingerprint density at radius 1 is 1.09 bits per heavy atom. The summed E-state index contributed by atoms with van der Waals surface area (Å²) < 4.78 is 5.62. The predicted molar refractivity (Wildman–Crippen MR) is 92.7 cm³/mol. The van der Waals surface area contributed by atoms with Gasteiger partial charge in [0.05, 0.1) is 11.8 Å². The molecule has 0 fully saturated rings. The van der Waals surface area contributed by atoms with Gasteiger partial charge in [-0.05, 0) is 55.4 Å². The highest BCUT2D eigenvalue weighted by Gasteiger charge is 2.09. The van der Waals surface area contributed by atoms with Crippen molar-refractivity contribution in [2.45, 2.75) is 20.0 Å². The Bertz CT molecular complexity index is 829. The van der Waals surface area contributed by atoms with E-state index in [2.05, 4.69) is 15.5 Å². The number of hydrogen-bond donors (Lipinski definition) is 1. The number of nitroso groups, excluding NO2 is 1. The summed E-state index contributed by atoms with van der Waals surface area (Å²) in [5, 5.41) is 8.07. The summed E-state index contributed by atoms with van der Waals surface area (Å²) in [6.07, 6.45) is 3.50. The minimum absolute atomic E-state index is 0.133. The van der Waals surface area contributed by atoms with Crippen molar-refractivity contribution < 1.29 is 4.74 Å². The molecule has 0 saturated heterocycles. The maximum absolute atomic E-state index is 11.3. The lowest BCUT2D eigenvalue weighted by Gasteiger charge is -2.12. The summed E-state index contributed by atoms with van der Waals surface area (Å²) in [6, 6.07) is 13.1. The van der Waals surface area contributed by atoms with E-state index in [-0.39, 0.29) is 6.10 Å². The van der Waals surface area contributed by atoms with Gasteiger partial charge < -0.3 is 10.1 Å². The van der Waals surface area contributed by atoms with Gasteiger partial charge in [-0.1, -0.05) is 6.07 Å². The molecule has 23 heavy (non-hydrogen) atoms. The lowest BCUT2D eigenvalue weighted by atomic mass is 10.1. The lowest BCUT2D eigenvalue weighted by Crippen LogP contribution is -2.05. The number of rotatable bonds is 5. The van der Waals surface area contributed by atoms with E-state index >= 15 is 0 Å². The topological polar surface area (TPSA) is 63.6 Å². The average Bonchev–Trinajstić information content (AvgIpc) is 2.56. The molecule has 3 aromatic rings. The molecule has 0 radical (unpaired) electrons. The highest BCUT2D eigenvalue weighted by Crippen LogP contribution is 2.35. The smallest absolute Gasteiger partial charge is 0.139 e. The first-order chi connectivity index (χ1) is 11.2. The minimum Gasteiger partial charge on any atom is -0.491 e. The number of nitrogens with zero attached hydrogens (tertiary/aromatic N) is 2. The Balaban J connectivity index is 1.90. The third-order valence-electron chi connectivity index (χ3n) is 3.39. The minimum atomic E-state index is 0.133. The fraction of sp³-hybridized carbons (Fsp3) is 0.167. The first-order valence-electron chi connectivity index (χ1n) is 7.41. The Labute approximate surface area is 134 Å². The van der Waals surface area contributed by atoms with Crippen LogP contribution in [0, 0.1) is 4.91 Å². The second-order valence-electron chi connectivity index (χ2n) is 5.47. The standard InChI is InChI=1S/C18H17N3O2/c1-12(2)23-15-6-4-14(5-7-15)20-17-8-3-13-11-19-10-9-16(13)18(17)21-22/h3-12,20H,1-2H3. The van der Waals surface area contributed by atoms with E-state index in [1.165, 1.54) is 0 Å². The van der Waals surface area contributed by atoms with Gasteiger partial charge in [0.25, 0.3) is 0 Å². The van der Waals surface area contributed by atoms with Crippen LogP contribution in [0.4, 0.5) is 17.1 Å². The third-order valence-corrected chi connectivity index (χ3v) is 3.39. The van der Waals surface area contributed by atoms with E-state index in [1.807, 2.05) is 50.2 Å². The highest BCUT2D eigenvalue weighted by molar-refractivity contribution is 5.98. The van der Waals surface area contributed by atoms with Crippen molar-refractivity contribution in [3.8, 4) is 5.75 Å². The quantitative estimate of drug-likeness (QED) is 0.661. The van der Waals surface area contributed by atoms with Gasteiger partial charge >= 0.3 is 0 Å². The number of fused-ring (bicyclic) bond motifs is 1. The molecule has 3 rings (SSSR count). The van der Waals surface area contributed by atoms with Gasteiger partial charge in [0.2, 0.25) is 0 Å². The van der Waals surface area contributed by atoms with Crippen LogP contribution in [0.5, 0.6) is 5.75 Å². The molecule has 1 aromatic heterocycles. The maximum atomic E-state index is 11.3. The molecule has 0 amide bonds. The largest absolute Gasteiger partial charge is 0.491 e. The molecule has 116 valence electrons. The molecular weight excluding hydrogens is 290 g/mol.